The molecule has 1 saturated heterocycles. The highest BCUT2D eigenvalue weighted by Crippen LogP contribution is 2.67. The number of nitrogens with one attached hydrogen (secondary N) is 1. The molecule has 1 aromatic carbocycles. The minimum Gasteiger partial charge on any atom is -0.456 e. The minimum atomic E-state index is -1.79. The first-order chi connectivity index (χ1) is 22.1. The lowest BCUT2D eigenvalue weighted by atomic mass is 9.40. The average Bonchev–Trinajstić information content (AvgIpc) is 2.99. The van der Waals surface area contributed by atoms with E-state index in [4.69, 9.17) is 18.9 Å². The number of ketones is 1. The molecule has 0 aromatic heterocycles. The van der Waals surface area contributed by atoms with Crippen LogP contribution in [0.5, 0.6) is 0 Å². The van der Waals surface area contributed by atoms with E-state index in [9.17, 15) is 24.6 Å². The summed E-state index contributed by atoms with van der Waals surface area (Å²) in [4.78, 5) is 41.5. The molecule has 11 atom stereocenters. The summed E-state index contributed by atoms with van der Waals surface area (Å²) in [5.74, 6) is -2.24. The van der Waals surface area contributed by atoms with Gasteiger partial charge in [0.15, 0.2) is 6.10 Å². The van der Waals surface area contributed by atoms with Crippen molar-refractivity contribution in [1.82, 2.24) is 5.32 Å². The fourth-order valence-electron chi connectivity index (χ4n) is 10.2. The van der Waals surface area contributed by atoms with Crippen LogP contribution in [0.15, 0.2) is 41.5 Å². The van der Waals surface area contributed by atoms with Gasteiger partial charge in [0.25, 0.3) is 0 Å². The number of carbonyl (C=O) groups is 3. The van der Waals surface area contributed by atoms with Crippen molar-refractivity contribution >= 4 is 17.8 Å². The maximum absolute atomic E-state index is 14.9. The normalized spacial score (nSPS) is 38.6. The summed E-state index contributed by atoms with van der Waals surface area (Å²) in [7, 11) is 1.64. The maximum Gasteiger partial charge on any atom is 0.408 e. The first kappa shape index (κ1) is 36.5. The molecular formula is C38H55NO9. The standard InChI is InChI=1S/C38H55NO9/c1-20-24(47-32(42)29(40)28(23-15-13-12-14-16-23)39-33(43)48-34(4,5)6)18-38(44)22(3)30-36(9)19-46-25(36)17-26(45-11)37(30,10)31(41)21(2)27(20)35(38,7)8/h12-16,21-22,24-26,28-30,40,44H,17-19H2,1-11H3,(H,39,43)/t21-,22+,24+,25-,26+,28+,29-,30?,36-,37-,38-/m1/s1. The van der Waals surface area contributed by atoms with Gasteiger partial charge >= 0.3 is 12.1 Å². The lowest BCUT2D eigenvalue weighted by Gasteiger charge is -2.69. The van der Waals surface area contributed by atoms with Crippen molar-refractivity contribution in [1.29, 1.82) is 0 Å². The van der Waals surface area contributed by atoms with Gasteiger partial charge in [-0.2, -0.15) is 0 Å². The van der Waals surface area contributed by atoms with E-state index in [1.165, 1.54) is 0 Å². The number of benzene rings is 1. The van der Waals surface area contributed by atoms with Gasteiger partial charge in [0, 0.05) is 36.7 Å². The van der Waals surface area contributed by atoms with Crippen LogP contribution in [0.3, 0.4) is 0 Å². The molecule has 0 radical (unpaired) electrons. The highest BCUT2D eigenvalue weighted by atomic mass is 16.6. The van der Waals surface area contributed by atoms with Crippen LogP contribution in [0, 0.1) is 34.0 Å². The Kier molecular flexibility index (Phi) is 9.28. The Morgan fingerprint density at radius 3 is 2.25 bits per heavy atom. The quantitative estimate of drug-likeness (QED) is 0.272. The van der Waals surface area contributed by atoms with Crippen molar-refractivity contribution in [2.75, 3.05) is 13.7 Å². The molecule has 3 aliphatic carbocycles. The van der Waals surface area contributed by atoms with Gasteiger partial charge < -0.3 is 34.5 Å². The number of carbonyl (C=O) groups excluding carboxylic acids is 3. The molecule has 5 rings (SSSR count). The number of rotatable bonds is 6. The zero-order valence-electron chi connectivity index (χ0n) is 30.4. The third-order valence-corrected chi connectivity index (χ3v) is 12.5. The van der Waals surface area contributed by atoms with E-state index < -0.39 is 64.2 Å². The highest BCUT2D eigenvalue weighted by molar-refractivity contribution is 5.91. The third kappa shape index (κ3) is 5.51. The summed E-state index contributed by atoms with van der Waals surface area (Å²) < 4.78 is 23.6. The Bertz CT molecular complexity index is 1470. The molecule has 266 valence electrons. The fourth-order valence-corrected chi connectivity index (χ4v) is 10.2. The zero-order chi connectivity index (χ0) is 35.8. The first-order valence-corrected chi connectivity index (χ1v) is 17.2. The largest absolute Gasteiger partial charge is 0.456 e. The summed E-state index contributed by atoms with van der Waals surface area (Å²) in [6, 6.07) is 7.48. The van der Waals surface area contributed by atoms with Gasteiger partial charge in [-0.25, -0.2) is 9.59 Å². The van der Waals surface area contributed by atoms with Gasteiger partial charge in [-0.1, -0.05) is 65.0 Å². The van der Waals surface area contributed by atoms with Crippen molar-refractivity contribution in [3.05, 3.63) is 47.0 Å². The Hall–Kier alpha value is -2.79. The molecule has 48 heavy (non-hydrogen) atoms. The van der Waals surface area contributed by atoms with Crippen LogP contribution < -0.4 is 5.32 Å². The van der Waals surface area contributed by atoms with Gasteiger partial charge in [0.1, 0.15) is 17.5 Å². The number of fused-ring (bicyclic) bond motifs is 5. The molecule has 1 aromatic rings. The number of esters is 1. The second kappa shape index (κ2) is 12.2. The van der Waals surface area contributed by atoms with Gasteiger partial charge in [0.05, 0.1) is 35.9 Å². The van der Waals surface area contributed by atoms with Gasteiger partial charge in [0.2, 0.25) is 0 Å². The summed E-state index contributed by atoms with van der Waals surface area (Å²) in [5.41, 5.74) is -2.42. The smallest absolute Gasteiger partial charge is 0.408 e. The van der Waals surface area contributed by atoms with E-state index in [0.717, 1.165) is 5.57 Å². The van der Waals surface area contributed by atoms with E-state index in [1.54, 1.807) is 58.2 Å². The number of alkyl carbamates (subject to hydrolysis) is 1. The minimum absolute atomic E-state index is 0.0416. The maximum atomic E-state index is 14.9. The topological polar surface area (TPSA) is 141 Å². The number of methoxy groups -OCH3 is 1. The van der Waals surface area contributed by atoms with Crippen molar-refractivity contribution in [2.45, 2.75) is 124 Å². The van der Waals surface area contributed by atoms with Gasteiger partial charge in [-0.3, -0.25) is 4.79 Å². The monoisotopic (exact) mass is 669 g/mol. The Labute approximate surface area is 284 Å². The van der Waals surface area contributed by atoms with Gasteiger partial charge in [-0.15, -0.1) is 0 Å². The van der Waals surface area contributed by atoms with Gasteiger partial charge in [-0.05, 0) is 63.2 Å². The van der Waals surface area contributed by atoms with E-state index in [-0.39, 0.29) is 35.7 Å². The number of hydrogen-bond acceptors (Lipinski definition) is 9. The molecule has 10 nitrogen and oxygen atoms in total. The summed E-state index contributed by atoms with van der Waals surface area (Å²) in [6.07, 6.45) is -3.34. The zero-order valence-corrected chi connectivity index (χ0v) is 30.4. The van der Waals surface area contributed by atoms with Crippen LogP contribution in [-0.4, -0.2) is 77.4 Å². The lowest BCUT2D eigenvalue weighted by Crippen LogP contribution is -2.74. The second-order valence-electron chi connectivity index (χ2n) is 16.7. The summed E-state index contributed by atoms with van der Waals surface area (Å²) in [6.45, 7) is 19.5. The molecular weight excluding hydrogens is 614 g/mol. The van der Waals surface area contributed by atoms with Crippen molar-refractivity contribution in [3.63, 3.8) is 0 Å². The molecule has 1 unspecified atom stereocenters. The number of amides is 1. The number of hydrogen-bond donors (Lipinski definition) is 3. The molecule has 4 aliphatic rings. The number of aliphatic hydroxyl groups excluding tert-OH is 1. The Morgan fingerprint density at radius 2 is 1.71 bits per heavy atom. The summed E-state index contributed by atoms with van der Waals surface area (Å²) in [5, 5.41) is 27.2. The Balaban J connectivity index is 1.54. The highest BCUT2D eigenvalue weighted by Gasteiger charge is 2.72. The molecule has 1 heterocycles. The second-order valence-corrected chi connectivity index (χ2v) is 16.7. The third-order valence-electron chi connectivity index (χ3n) is 12.5. The molecule has 10 heteroatoms. The molecule has 2 saturated carbocycles. The van der Waals surface area contributed by atoms with Crippen molar-refractivity contribution in [3.8, 4) is 0 Å². The number of Topliss-reactive ketones (excluding diaryl/α,β-unsaturated/α-hetero) is 1. The molecule has 2 bridgehead atoms. The Morgan fingerprint density at radius 1 is 1.08 bits per heavy atom. The van der Waals surface area contributed by atoms with Crippen molar-refractivity contribution in [2.24, 2.45) is 34.0 Å². The SMILES string of the molecule is CO[C@H]1C[C@H]2OC[C@@]2(C)C2[C@H](C)[C@]3(O)C[C@H](OC(=O)[C@H](O)[C@@H](NC(=O)OC(C)(C)C)c4ccccc4)C(C)=C([C@@H](C)C(=O)[C@@]21C)C3(C)C. The molecule has 1 aliphatic heterocycles. The predicted octanol–water partition coefficient (Wildman–Crippen LogP) is 5.30. The van der Waals surface area contributed by atoms with Crippen LogP contribution in [0.2, 0.25) is 0 Å². The molecule has 3 fully saturated rings. The number of aliphatic hydroxyl groups is 2. The molecule has 3 N–H and O–H groups in total. The van der Waals surface area contributed by atoms with Crippen LogP contribution in [-0.2, 0) is 28.5 Å². The van der Waals surface area contributed by atoms with E-state index in [2.05, 4.69) is 12.2 Å². The van der Waals surface area contributed by atoms with Crippen LogP contribution in [0.25, 0.3) is 0 Å². The van der Waals surface area contributed by atoms with E-state index >= 15 is 0 Å². The summed E-state index contributed by atoms with van der Waals surface area (Å²) >= 11 is 0. The van der Waals surface area contributed by atoms with E-state index in [1.807, 2.05) is 41.5 Å². The van der Waals surface area contributed by atoms with Crippen molar-refractivity contribution < 1.29 is 43.5 Å². The average molecular weight is 670 g/mol. The van der Waals surface area contributed by atoms with Crippen LogP contribution >= 0.6 is 0 Å². The predicted molar refractivity (Wildman–Crippen MR) is 179 cm³/mol. The van der Waals surface area contributed by atoms with E-state index in [0.29, 0.717) is 24.2 Å². The molecule has 0 spiro atoms. The fraction of sp³-hybridized carbons (Fsp3) is 0.711. The number of ether oxygens (including phenoxy) is 4. The lowest BCUT2D eigenvalue weighted by molar-refractivity contribution is -0.303. The van der Waals surface area contributed by atoms with Crippen LogP contribution in [0.1, 0.15) is 93.7 Å². The molecule has 1 amide bonds. The van der Waals surface area contributed by atoms with Crippen LogP contribution in [0.4, 0.5) is 4.79 Å². The first-order valence-electron chi connectivity index (χ1n) is 17.2.